The van der Waals surface area contributed by atoms with Crippen LogP contribution in [0.5, 0.6) is 5.75 Å². The van der Waals surface area contributed by atoms with Crippen LogP contribution in [-0.2, 0) is 14.9 Å². The molecule has 134 valence electrons. The Hall–Kier alpha value is -1.30. The second kappa shape index (κ2) is 7.72. The number of halogens is 1. The number of hydrogen-bond acceptors (Lipinski definition) is 4. The van der Waals surface area contributed by atoms with Gasteiger partial charge in [0.25, 0.3) is 5.91 Å². The molecule has 1 N–H and O–H groups in total. The van der Waals surface area contributed by atoms with E-state index in [-0.39, 0.29) is 11.5 Å². The Balaban J connectivity index is 2.01. The number of aliphatic hydroxyl groups excluding tert-OH is 1. The summed E-state index contributed by atoms with van der Waals surface area (Å²) in [5.74, 6) is 0.450. The first kappa shape index (κ1) is 19.0. The van der Waals surface area contributed by atoms with E-state index in [0.29, 0.717) is 31.0 Å². The van der Waals surface area contributed by atoms with E-state index in [0.717, 1.165) is 11.3 Å². The van der Waals surface area contributed by atoms with Gasteiger partial charge in [-0.05, 0) is 23.6 Å². The smallest absolute Gasteiger partial charge is 0.279 e. The van der Waals surface area contributed by atoms with Crippen LogP contribution >= 0.6 is 11.6 Å². The zero-order valence-electron chi connectivity index (χ0n) is 14.7. The Morgan fingerprint density at radius 1 is 1.33 bits per heavy atom. The summed E-state index contributed by atoms with van der Waals surface area (Å²) in [5.41, 5.74) is 1.00. The van der Waals surface area contributed by atoms with E-state index in [1.165, 1.54) is 7.11 Å². The van der Waals surface area contributed by atoms with Crippen LogP contribution in [0.15, 0.2) is 18.2 Å². The third-order valence-electron chi connectivity index (χ3n) is 4.23. The molecule has 0 spiro atoms. The monoisotopic (exact) mass is 355 g/mol. The maximum atomic E-state index is 11.9. The lowest BCUT2D eigenvalue weighted by Crippen LogP contribution is -2.46. The van der Waals surface area contributed by atoms with Crippen LogP contribution in [0, 0.1) is 0 Å². The summed E-state index contributed by atoms with van der Waals surface area (Å²) >= 11 is 6.13. The molecule has 1 unspecified atom stereocenters. The standard InChI is InChI=1S/C18H26ClNO4/c1-18(2,3)14-11-12(19)5-6-15(14)24-13-7-9-20(10-8-13)16(21)17(22)23-4/h5-6,11,13,17,22H,7-10H2,1-4H3. The van der Waals surface area contributed by atoms with Crippen LogP contribution in [0.4, 0.5) is 0 Å². The minimum atomic E-state index is -1.38. The molecule has 1 aromatic carbocycles. The molecular formula is C18H26ClNO4. The van der Waals surface area contributed by atoms with Crippen molar-refractivity contribution in [3.63, 3.8) is 0 Å². The molecule has 1 fully saturated rings. The van der Waals surface area contributed by atoms with Crippen LogP contribution in [0.1, 0.15) is 39.2 Å². The van der Waals surface area contributed by atoms with Crippen molar-refractivity contribution in [3.8, 4) is 5.75 Å². The van der Waals surface area contributed by atoms with Gasteiger partial charge in [-0.15, -0.1) is 0 Å². The van der Waals surface area contributed by atoms with Gasteiger partial charge >= 0.3 is 0 Å². The van der Waals surface area contributed by atoms with Crippen LogP contribution in [0.25, 0.3) is 0 Å². The predicted octanol–water partition coefficient (Wildman–Crippen LogP) is 2.97. The first-order chi connectivity index (χ1) is 11.2. The summed E-state index contributed by atoms with van der Waals surface area (Å²) in [6.07, 6.45) is 0.0882. The fourth-order valence-corrected chi connectivity index (χ4v) is 2.99. The molecule has 1 amide bonds. The molecule has 1 aliphatic heterocycles. The van der Waals surface area contributed by atoms with Gasteiger partial charge in [0.05, 0.1) is 0 Å². The summed E-state index contributed by atoms with van der Waals surface area (Å²) in [6, 6.07) is 5.69. The lowest BCUT2D eigenvalue weighted by atomic mass is 9.86. The number of carbonyl (C=O) groups excluding carboxylic acids is 1. The highest BCUT2D eigenvalue weighted by Crippen LogP contribution is 2.35. The number of amides is 1. The molecule has 1 aromatic rings. The summed E-state index contributed by atoms with van der Waals surface area (Å²) in [7, 11) is 1.31. The van der Waals surface area contributed by atoms with E-state index < -0.39 is 12.2 Å². The molecule has 1 heterocycles. The Bertz CT molecular complexity index is 577. The van der Waals surface area contributed by atoms with E-state index in [9.17, 15) is 9.90 Å². The largest absolute Gasteiger partial charge is 0.490 e. The van der Waals surface area contributed by atoms with Gasteiger partial charge < -0.3 is 19.5 Å². The molecular weight excluding hydrogens is 330 g/mol. The number of piperidine rings is 1. The quantitative estimate of drug-likeness (QED) is 0.843. The molecule has 1 saturated heterocycles. The van der Waals surface area contributed by atoms with Gasteiger partial charge in [0.1, 0.15) is 11.9 Å². The third-order valence-corrected chi connectivity index (χ3v) is 4.47. The van der Waals surface area contributed by atoms with Gasteiger partial charge in [0.2, 0.25) is 6.29 Å². The second-order valence-electron chi connectivity index (χ2n) is 7.12. The molecule has 1 aliphatic rings. The number of aliphatic hydroxyl groups is 1. The highest BCUT2D eigenvalue weighted by atomic mass is 35.5. The molecule has 24 heavy (non-hydrogen) atoms. The molecule has 0 saturated carbocycles. The first-order valence-corrected chi connectivity index (χ1v) is 8.56. The Labute approximate surface area is 148 Å². The number of methoxy groups -OCH3 is 1. The molecule has 5 nitrogen and oxygen atoms in total. The van der Waals surface area contributed by atoms with Crippen molar-refractivity contribution in [3.05, 3.63) is 28.8 Å². The fraction of sp³-hybridized carbons (Fsp3) is 0.611. The van der Waals surface area contributed by atoms with Crippen molar-refractivity contribution in [1.29, 1.82) is 0 Å². The molecule has 0 aromatic heterocycles. The highest BCUT2D eigenvalue weighted by molar-refractivity contribution is 6.30. The van der Waals surface area contributed by atoms with Crippen molar-refractivity contribution in [2.24, 2.45) is 0 Å². The van der Waals surface area contributed by atoms with Gasteiger partial charge in [-0.1, -0.05) is 32.4 Å². The van der Waals surface area contributed by atoms with Crippen molar-refractivity contribution in [2.45, 2.75) is 51.4 Å². The molecule has 0 aliphatic carbocycles. The van der Waals surface area contributed by atoms with Gasteiger partial charge in [-0.2, -0.15) is 0 Å². The Morgan fingerprint density at radius 2 is 1.96 bits per heavy atom. The van der Waals surface area contributed by atoms with Crippen LogP contribution in [0.2, 0.25) is 5.02 Å². The maximum Gasteiger partial charge on any atom is 0.279 e. The van der Waals surface area contributed by atoms with Crippen molar-refractivity contribution in [1.82, 2.24) is 4.90 Å². The van der Waals surface area contributed by atoms with Crippen LogP contribution in [0.3, 0.4) is 0 Å². The summed E-state index contributed by atoms with van der Waals surface area (Å²) < 4.78 is 10.9. The Kier molecular flexibility index (Phi) is 6.12. The fourth-order valence-electron chi connectivity index (χ4n) is 2.82. The number of likely N-dealkylation sites (tertiary alicyclic amines) is 1. The molecule has 2 rings (SSSR count). The maximum absolute atomic E-state index is 11.9. The van der Waals surface area contributed by atoms with Gasteiger partial charge in [0, 0.05) is 43.6 Å². The number of carbonyl (C=O) groups is 1. The molecule has 0 radical (unpaired) electrons. The van der Waals surface area contributed by atoms with Crippen LogP contribution in [-0.4, -0.2) is 48.5 Å². The summed E-state index contributed by atoms with van der Waals surface area (Å²) in [5, 5.41) is 10.2. The predicted molar refractivity (Wildman–Crippen MR) is 93.4 cm³/mol. The number of rotatable bonds is 4. The minimum Gasteiger partial charge on any atom is -0.490 e. The number of ether oxygens (including phenoxy) is 2. The van der Waals surface area contributed by atoms with Crippen LogP contribution < -0.4 is 4.74 Å². The average molecular weight is 356 g/mol. The van der Waals surface area contributed by atoms with Gasteiger partial charge in [-0.3, -0.25) is 4.79 Å². The van der Waals surface area contributed by atoms with E-state index >= 15 is 0 Å². The molecule has 1 atom stereocenters. The van der Waals surface area contributed by atoms with E-state index in [1.54, 1.807) is 4.90 Å². The number of nitrogens with zero attached hydrogens (tertiary/aromatic N) is 1. The average Bonchev–Trinajstić information content (AvgIpc) is 2.55. The molecule has 0 bridgehead atoms. The number of hydrogen-bond donors (Lipinski definition) is 1. The van der Waals surface area contributed by atoms with E-state index in [1.807, 2.05) is 18.2 Å². The lowest BCUT2D eigenvalue weighted by Gasteiger charge is -2.34. The second-order valence-corrected chi connectivity index (χ2v) is 7.56. The third kappa shape index (κ3) is 4.62. The van der Waals surface area contributed by atoms with Crippen molar-refractivity contribution < 1.29 is 19.4 Å². The topological polar surface area (TPSA) is 59.0 Å². The van der Waals surface area contributed by atoms with Gasteiger partial charge in [-0.25, -0.2) is 0 Å². The van der Waals surface area contributed by atoms with Crippen molar-refractivity contribution >= 4 is 17.5 Å². The number of benzene rings is 1. The SMILES string of the molecule is COC(O)C(=O)N1CCC(Oc2ccc(Cl)cc2C(C)(C)C)CC1. The van der Waals surface area contributed by atoms with E-state index in [2.05, 4.69) is 25.5 Å². The summed E-state index contributed by atoms with van der Waals surface area (Å²) in [6.45, 7) is 7.46. The normalized spacial score (nSPS) is 17.7. The zero-order chi connectivity index (χ0) is 17.9. The first-order valence-electron chi connectivity index (χ1n) is 8.18. The molecule has 6 heteroatoms. The minimum absolute atomic E-state index is 0.0380. The van der Waals surface area contributed by atoms with Gasteiger partial charge in [0.15, 0.2) is 0 Å². The zero-order valence-corrected chi connectivity index (χ0v) is 15.5. The summed E-state index contributed by atoms with van der Waals surface area (Å²) in [4.78, 5) is 13.5. The van der Waals surface area contributed by atoms with Crippen molar-refractivity contribution in [2.75, 3.05) is 20.2 Å². The lowest BCUT2D eigenvalue weighted by molar-refractivity contribution is -0.165. The van der Waals surface area contributed by atoms with E-state index in [4.69, 9.17) is 16.3 Å². The highest BCUT2D eigenvalue weighted by Gasteiger charge is 2.29. The Morgan fingerprint density at radius 3 is 2.50 bits per heavy atom.